The number of methoxy groups -OCH3 is 2. The van der Waals surface area contributed by atoms with Gasteiger partial charge in [0.15, 0.2) is 0 Å². The molecule has 0 aliphatic heterocycles. The fourth-order valence-electron chi connectivity index (χ4n) is 1.22. The van der Waals surface area contributed by atoms with Gasteiger partial charge in [-0.2, -0.15) is 0 Å². The minimum absolute atomic E-state index is 0.0290. The van der Waals surface area contributed by atoms with E-state index in [2.05, 4.69) is 14.2 Å². The number of benzene rings is 1. The molecular formula is C11H10O6. The average Bonchev–Trinajstić information content (AvgIpc) is 2.37. The lowest BCUT2D eigenvalue weighted by molar-refractivity contribution is -0.120. The smallest absolute Gasteiger partial charge is 0.338 e. The van der Waals surface area contributed by atoms with Gasteiger partial charge in [0, 0.05) is 0 Å². The quantitative estimate of drug-likeness (QED) is 0.570. The third-order valence-corrected chi connectivity index (χ3v) is 1.99. The second-order valence-corrected chi connectivity index (χ2v) is 2.90. The zero-order valence-corrected chi connectivity index (χ0v) is 9.26. The molecule has 0 aliphatic carbocycles. The van der Waals surface area contributed by atoms with Crippen molar-refractivity contribution in [3.63, 3.8) is 0 Å². The summed E-state index contributed by atoms with van der Waals surface area (Å²) < 4.78 is 13.6. The van der Waals surface area contributed by atoms with Gasteiger partial charge in [-0.25, -0.2) is 9.59 Å². The van der Waals surface area contributed by atoms with Gasteiger partial charge in [0.1, 0.15) is 5.75 Å². The summed E-state index contributed by atoms with van der Waals surface area (Å²) in [7, 11) is 2.37. The van der Waals surface area contributed by atoms with E-state index in [-0.39, 0.29) is 23.3 Å². The summed E-state index contributed by atoms with van der Waals surface area (Å²) in [5.41, 5.74) is 0.0105. The second kappa shape index (κ2) is 5.64. The van der Waals surface area contributed by atoms with Gasteiger partial charge in [-0.05, 0) is 18.2 Å². The molecule has 1 aromatic rings. The van der Waals surface area contributed by atoms with Gasteiger partial charge in [0.25, 0.3) is 6.47 Å². The Balaban J connectivity index is 3.25. The van der Waals surface area contributed by atoms with E-state index in [9.17, 15) is 14.4 Å². The molecule has 0 saturated carbocycles. The molecular weight excluding hydrogens is 228 g/mol. The van der Waals surface area contributed by atoms with Crippen LogP contribution in [0.15, 0.2) is 18.2 Å². The van der Waals surface area contributed by atoms with Crippen molar-refractivity contribution in [2.24, 2.45) is 0 Å². The summed E-state index contributed by atoms with van der Waals surface area (Å²) in [6, 6.07) is 3.91. The summed E-state index contributed by atoms with van der Waals surface area (Å²) in [5.74, 6) is -1.27. The Labute approximate surface area is 97.1 Å². The Morgan fingerprint density at radius 2 is 1.65 bits per heavy atom. The molecule has 0 heterocycles. The van der Waals surface area contributed by atoms with E-state index in [0.717, 1.165) is 0 Å². The number of hydrogen-bond donors (Lipinski definition) is 0. The molecule has 6 heteroatoms. The van der Waals surface area contributed by atoms with Gasteiger partial charge in [-0.1, -0.05) is 0 Å². The summed E-state index contributed by atoms with van der Waals surface area (Å²) in [5, 5.41) is 0. The normalized spacial score (nSPS) is 9.29. The number of carbonyl (C=O) groups excluding carboxylic acids is 3. The Kier molecular flexibility index (Phi) is 4.21. The van der Waals surface area contributed by atoms with E-state index >= 15 is 0 Å². The van der Waals surface area contributed by atoms with E-state index in [1.165, 1.54) is 32.4 Å². The molecule has 1 aromatic carbocycles. The van der Waals surface area contributed by atoms with E-state index < -0.39 is 11.9 Å². The van der Waals surface area contributed by atoms with Crippen molar-refractivity contribution in [1.29, 1.82) is 0 Å². The molecule has 0 aliphatic rings. The molecule has 0 fully saturated rings. The first-order valence-corrected chi connectivity index (χ1v) is 4.55. The number of ether oxygens (including phenoxy) is 3. The first-order valence-electron chi connectivity index (χ1n) is 4.55. The van der Waals surface area contributed by atoms with Crippen LogP contribution in [0.1, 0.15) is 20.7 Å². The van der Waals surface area contributed by atoms with Gasteiger partial charge >= 0.3 is 11.9 Å². The molecule has 0 atom stereocenters. The second-order valence-electron chi connectivity index (χ2n) is 2.90. The minimum atomic E-state index is -0.721. The van der Waals surface area contributed by atoms with Crippen LogP contribution in [0.3, 0.4) is 0 Å². The molecule has 0 radical (unpaired) electrons. The van der Waals surface area contributed by atoms with Crippen LogP contribution in [-0.4, -0.2) is 32.6 Å². The van der Waals surface area contributed by atoms with Crippen LogP contribution in [0.25, 0.3) is 0 Å². The molecule has 0 spiro atoms. The average molecular weight is 238 g/mol. The molecule has 0 N–H and O–H groups in total. The zero-order chi connectivity index (χ0) is 12.8. The lowest BCUT2D eigenvalue weighted by Crippen LogP contribution is -2.12. The molecule has 0 saturated heterocycles. The fourth-order valence-corrected chi connectivity index (χ4v) is 1.22. The van der Waals surface area contributed by atoms with Crippen LogP contribution >= 0.6 is 0 Å². The summed E-state index contributed by atoms with van der Waals surface area (Å²) in [6.07, 6.45) is 0. The van der Waals surface area contributed by atoms with Crippen molar-refractivity contribution >= 4 is 18.4 Å². The molecule has 0 aromatic heterocycles. The maximum Gasteiger partial charge on any atom is 0.338 e. The Hall–Kier alpha value is -2.37. The standard InChI is InChI=1S/C11H10O6/c1-15-10(13)8-4-3-7(17-6-12)5-9(8)11(14)16-2/h3-6H,1-2H3. The number of rotatable bonds is 4. The highest BCUT2D eigenvalue weighted by molar-refractivity contribution is 6.03. The van der Waals surface area contributed by atoms with E-state index in [4.69, 9.17) is 0 Å². The largest absolute Gasteiger partial charge is 0.465 e. The highest BCUT2D eigenvalue weighted by atomic mass is 16.5. The van der Waals surface area contributed by atoms with Crippen molar-refractivity contribution in [3.05, 3.63) is 29.3 Å². The van der Waals surface area contributed by atoms with E-state index in [1.54, 1.807) is 0 Å². The van der Waals surface area contributed by atoms with Gasteiger partial charge in [0.2, 0.25) is 0 Å². The summed E-state index contributed by atoms with van der Waals surface area (Å²) in [6.45, 7) is 0.216. The van der Waals surface area contributed by atoms with Crippen LogP contribution in [0, 0.1) is 0 Å². The Morgan fingerprint density at radius 1 is 1.06 bits per heavy atom. The summed E-state index contributed by atoms with van der Waals surface area (Å²) in [4.78, 5) is 33.0. The third-order valence-electron chi connectivity index (χ3n) is 1.99. The van der Waals surface area contributed by atoms with Crippen molar-refractivity contribution < 1.29 is 28.6 Å². The first-order chi connectivity index (χ1) is 8.13. The topological polar surface area (TPSA) is 78.9 Å². The number of esters is 2. The van der Waals surface area contributed by atoms with Crippen molar-refractivity contribution in [2.75, 3.05) is 14.2 Å². The number of carbonyl (C=O) groups is 3. The van der Waals surface area contributed by atoms with Crippen molar-refractivity contribution in [2.45, 2.75) is 0 Å². The molecule has 0 bridgehead atoms. The van der Waals surface area contributed by atoms with Gasteiger partial charge < -0.3 is 14.2 Å². The molecule has 90 valence electrons. The van der Waals surface area contributed by atoms with Gasteiger partial charge in [-0.3, -0.25) is 4.79 Å². The predicted octanol–water partition coefficient (Wildman–Crippen LogP) is 0.795. The maximum atomic E-state index is 11.4. The van der Waals surface area contributed by atoms with Crippen LogP contribution < -0.4 is 4.74 Å². The van der Waals surface area contributed by atoms with Crippen molar-refractivity contribution in [1.82, 2.24) is 0 Å². The van der Waals surface area contributed by atoms with Gasteiger partial charge in [0.05, 0.1) is 25.3 Å². The van der Waals surface area contributed by atoms with Crippen LogP contribution in [-0.2, 0) is 14.3 Å². The van der Waals surface area contributed by atoms with Crippen LogP contribution in [0.2, 0.25) is 0 Å². The predicted molar refractivity (Wildman–Crippen MR) is 55.8 cm³/mol. The molecule has 17 heavy (non-hydrogen) atoms. The fraction of sp³-hybridized carbons (Fsp3) is 0.182. The van der Waals surface area contributed by atoms with Crippen molar-refractivity contribution in [3.8, 4) is 5.75 Å². The first kappa shape index (κ1) is 12.7. The highest BCUT2D eigenvalue weighted by Crippen LogP contribution is 2.19. The highest BCUT2D eigenvalue weighted by Gasteiger charge is 2.19. The Bertz CT molecular complexity index is 451. The molecule has 0 amide bonds. The van der Waals surface area contributed by atoms with Crippen LogP contribution in [0.5, 0.6) is 5.75 Å². The SMILES string of the molecule is COC(=O)c1ccc(OC=O)cc1C(=O)OC. The monoisotopic (exact) mass is 238 g/mol. The van der Waals surface area contributed by atoms with Crippen LogP contribution in [0.4, 0.5) is 0 Å². The lowest BCUT2D eigenvalue weighted by Gasteiger charge is -2.07. The number of hydrogen-bond acceptors (Lipinski definition) is 6. The molecule has 1 rings (SSSR count). The maximum absolute atomic E-state index is 11.4. The van der Waals surface area contributed by atoms with Gasteiger partial charge in [-0.15, -0.1) is 0 Å². The molecule has 0 unspecified atom stereocenters. The molecule has 6 nitrogen and oxygen atoms in total. The lowest BCUT2D eigenvalue weighted by atomic mass is 10.1. The zero-order valence-electron chi connectivity index (χ0n) is 9.26. The summed E-state index contributed by atoms with van der Waals surface area (Å²) >= 11 is 0. The van der Waals surface area contributed by atoms with E-state index in [1.807, 2.05) is 0 Å². The van der Waals surface area contributed by atoms with E-state index in [0.29, 0.717) is 0 Å². The Morgan fingerprint density at radius 3 is 2.18 bits per heavy atom. The third kappa shape index (κ3) is 2.81. The minimum Gasteiger partial charge on any atom is -0.465 e.